The van der Waals surface area contributed by atoms with Crippen LogP contribution >= 0.6 is 30.8 Å². The molecule has 0 aliphatic heterocycles. The molecule has 10 heteroatoms. The van der Waals surface area contributed by atoms with Crippen molar-refractivity contribution in [2.24, 2.45) is 11.8 Å². The van der Waals surface area contributed by atoms with Gasteiger partial charge < -0.3 is 20.1 Å². The molecule has 2 rings (SSSR count). The van der Waals surface area contributed by atoms with Gasteiger partial charge in [0.05, 0.1) is 28.0 Å². The van der Waals surface area contributed by atoms with Crippen molar-refractivity contribution in [1.29, 1.82) is 0 Å². The fraction of sp³-hybridized carbons (Fsp3) is 0.474. The smallest absolute Gasteiger partial charge is 0.337 e. The third-order valence-corrected chi connectivity index (χ3v) is 6.48. The second-order valence-corrected chi connectivity index (χ2v) is 10.4. The summed E-state index contributed by atoms with van der Waals surface area (Å²) in [6, 6.07) is 4.63. The molecule has 1 heterocycles. The molecule has 0 fully saturated rings. The zero-order valence-corrected chi connectivity index (χ0v) is 19.1. The highest BCUT2D eigenvalue weighted by Gasteiger charge is 2.37. The second-order valence-electron chi connectivity index (χ2n) is 7.78. The van der Waals surface area contributed by atoms with Crippen LogP contribution in [0.1, 0.15) is 46.0 Å². The number of hydrogen-bond acceptors (Lipinski definition) is 3. The number of carbonyl (C=O) groups is 1. The van der Waals surface area contributed by atoms with E-state index in [1.165, 1.54) is 0 Å². The summed E-state index contributed by atoms with van der Waals surface area (Å²) >= 11 is 12.0. The average Bonchev–Trinajstić information content (AvgIpc) is 3.08. The van der Waals surface area contributed by atoms with Crippen molar-refractivity contribution < 1.29 is 19.1 Å². The van der Waals surface area contributed by atoms with Crippen molar-refractivity contribution >= 4 is 36.7 Å². The standard InChI is InChI=1S/C19H26Cl2N3O4P/c1-10(2)7-16(29(26,27)28)19(25)24-17(11(3)4)18-22-9-15(23-18)12-5-6-13(20)14(21)8-12/h5-6,8-11,16-17H,7H2,1-4H3,(H,22,23)(H,24,25)(H2,26,27,28). The number of halogens is 2. The normalized spacial score (nSPS) is 14.3. The Morgan fingerprint density at radius 2 is 1.86 bits per heavy atom. The molecule has 1 amide bonds. The molecule has 4 N–H and O–H groups in total. The molecule has 0 bridgehead atoms. The van der Waals surface area contributed by atoms with E-state index < -0.39 is 25.2 Å². The van der Waals surface area contributed by atoms with E-state index in [-0.39, 0.29) is 18.3 Å². The maximum atomic E-state index is 12.7. The lowest BCUT2D eigenvalue weighted by atomic mass is 10.0. The van der Waals surface area contributed by atoms with Gasteiger partial charge >= 0.3 is 7.60 Å². The van der Waals surface area contributed by atoms with Crippen molar-refractivity contribution in [3.05, 3.63) is 40.3 Å². The Balaban J connectivity index is 2.28. The topological polar surface area (TPSA) is 115 Å². The Morgan fingerprint density at radius 1 is 1.21 bits per heavy atom. The van der Waals surface area contributed by atoms with Crippen LogP contribution in [0.15, 0.2) is 24.4 Å². The van der Waals surface area contributed by atoms with Gasteiger partial charge in [0, 0.05) is 5.56 Å². The molecule has 1 aromatic heterocycles. The largest absolute Gasteiger partial charge is 0.345 e. The van der Waals surface area contributed by atoms with Gasteiger partial charge in [0.15, 0.2) is 0 Å². The Hall–Kier alpha value is -1.37. The predicted molar refractivity (Wildman–Crippen MR) is 115 cm³/mol. The van der Waals surface area contributed by atoms with E-state index in [9.17, 15) is 19.1 Å². The minimum atomic E-state index is -4.59. The van der Waals surface area contributed by atoms with Crippen LogP contribution in [-0.4, -0.2) is 31.3 Å². The van der Waals surface area contributed by atoms with Gasteiger partial charge in [-0.2, -0.15) is 0 Å². The molecule has 160 valence electrons. The first-order valence-corrected chi connectivity index (χ1v) is 11.7. The van der Waals surface area contributed by atoms with Gasteiger partial charge in [0.1, 0.15) is 11.5 Å². The molecule has 2 atom stereocenters. The zero-order valence-electron chi connectivity index (χ0n) is 16.7. The molecular weight excluding hydrogens is 436 g/mol. The highest BCUT2D eigenvalue weighted by Crippen LogP contribution is 2.44. The quantitative estimate of drug-likeness (QED) is 0.421. The van der Waals surface area contributed by atoms with E-state index in [4.69, 9.17) is 23.2 Å². The van der Waals surface area contributed by atoms with Gasteiger partial charge in [-0.15, -0.1) is 0 Å². The molecule has 29 heavy (non-hydrogen) atoms. The van der Waals surface area contributed by atoms with Crippen LogP contribution in [0, 0.1) is 11.8 Å². The summed E-state index contributed by atoms with van der Waals surface area (Å²) < 4.78 is 11.8. The van der Waals surface area contributed by atoms with Crippen LogP contribution in [0.4, 0.5) is 0 Å². The monoisotopic (exact) mass is 461 g/mol. The lowest BCUT2D eigenvalue weighted by molar-refractivity contribution is -0.122. The summed E-state index contributed by atoms with van der Waals surface area (Å²) in [4.78, 5) is 39.5. The zero-order chi connectivity index (χ0) is 21.9. The first-order chi connectivity index (χ1) is 13.4. The molecule has 2 unspecified atom stereocenters. The Morgan fingerprint density at radius 3 is 2.38 bits per heavy atom. The van der Waals surface area contributed by atoms with Crippen molar-refractivity contribution in [3.63, 3.8) is 0 Å². The SMILES string of the molecule is CC(C)CC(C(=O)NC(c1ncc(-c2ccc(Cl)c(Cl)c2)[nH]1)C(C)C)P(=O)(O)O. The highest BCUT2D eigenvalue weighted by molar-refractivity contribution is 7.53. The Bertz CT molecular complexity index is 911. The summed E-state index contributed by atoms with van der Waals surface area (Å²) in [5.41, 5.74) is 0.0697. The molecule has 0 spiro atoms. The molecule has 0 saturated heterocycles. The van der Waals surface area contributed by atoms with Crippen LogP contribution in [0.5, 0.6) is 0 Å². The number of rotatable bonds is 8. The van der Waals surface area contributed by atoms with Gasteiger partial charge in [-0.1, -0.05) is 57.0 Å². The van der Waals surface area contributed by atoms with Crippen LogP contribution in [0.25, 0.3) is 11.3 Å². The number of nitrogens with one attached hydrogen (secondary N) is 2. The van der Waals surface area contributed by atoms with E-state index in [0.717, 1.165) is 5.56 Å². The number of imidazole rings is 1. The molecule has 1 aromatic carbocycles. The number of nitrogens with zero attached hydrogens (tertiary/aromatic N) is 1. The van der Waals surface area contributed by atoms with Crippen LogP contribution in [-0.2, 0) is 9.36 Å². The maximum Gasteiger partial charge on any atom is 0.337 e. The number of carbonyl (C=O) groups excluding carboxylic acids is 1. The maximum absolute atomic E-state index is 12.7. The minimum Gasteiger partial charge on any atom is -0.345 e. The number of aromatic nitrogens is 2. The number of benzene rings is 1. The first-order valence-electron chi connectivity index (χ1n) is 9.26. The number of hydrogen-bond donors (Lipinski definition) is 4. The number of amides is 1. The molecule has 0 aliphatic rings. The highest BCUT2D eigenvalue weighted by atomic mass is 35.5. The summed E-state index contributed by atoms with van der Waals surface area (Å²) in [5, 5.41) is 3.61. The summed E-state index contributed by atoms with van der Waals surface area (Å²) in [6.07, 6.45) is 1.71. The fourth-order valence-corrected chi connectivity index (χ4v) is 4.32. The van der Waals surface area contributed by atoms with Crippen molar-refractivity contribution in [2.75, 3.05) is 0 Å². The predicted octanol–water partition coefficient (Wildman–Crippen LogP) is 4.79. The van der Waals surface area contributed by atoms with Gasteiger partial charge in [-0.05, 0) is 30.4 Å². The molecule has 0 radical (unpaired) electrons. The van der Waals surface area contributed by atoms with Crippen LogP contribution < -0.4 is 5.32 Å². The van der Waals surface area contributed by atoms with E-state index in [0.29, 0.717) is 21.6 Å². The van der Waals surface area contributed by atoms with E-state index in [1.807, 2.05) is 27.7 Å². The lowest BCUT2D eigenvalue weighted by Crippen LogP contribution is -2.40. The van der Waals surface area contributed by atoms with Gasteiger partial charge in [0.25, 0.3) is 0 Å². The van der Waals surface area contributed by atoms with Crippen molar-refractivity contribution in [1.82, 2.24) is 15.3 Å². The van der Waals surface area contributed by atoms with Gasteiger partial charge in [-0.3, -0.25) is 9.36 Å². The Kier molecular flexibility index (Phi) is 7.93. The first kappa shape index (κ1) is 23.9. The summed E-state index contributed by atoms with van der Waals surface area (Å²) in [7, 11) is -4.59. The molecule has 7 nitrogen and oxygen atoms in total. The number of H-pyrrole nitrogens is 1. The van der Waals surface area contributed by atoms with Crippen molar-refractivity contribution in [3.8, 4) is 11.3 Å². The third kappa shape index (κ3) is 6.30. The minimum absolute atomic E-state index is 0.0410. The summed E-state index contributed by atoms with van der Waals surface area (Å²) in [6.45, 7) is 7.40. The van der Waals surface area contributed by atoms with Crippen LogP contribution in [0.2, 0.25) is 10.0 Å². The Labute approximate surface area is 180 Å². The summed E-state index contributed by atoms with van der Waals surface area (Å²) in [5.74, 6) is -0.300. The van der Waals surface area contributed by atoms with Gasteiger partial charge in [-0.25, -0.2) is 4.98 Å². The van der Waals surface area contributed by atoms with E-state index in [1.54, 1.807) is 24.4 Å². The van der Waals surface area contributed by atoms with Gasteiger partial charge in [0.2, 0.25) is 5.91 Å². The number of aromatic amines is 1. The lowest BCUT2D eigenvalue weighted by Gasteiger charge is -2.25. The molecule has 0 aliphatic carbocycles. The van der Waals surface area contributed by atoms with E-state index in [2.05, 4.69) is 15.3 Å². The van der Waals surface area contributed by atoms with Crippen molar-refractivity contribution in [2.45, 2.75) is 45.8 Å². The average molecular weight is 462 g/mol. The van der Waals surface area contributed by atoms with E-state index >= 15 is 0 Å². The fourth-order valence-electron chi connectivity index (χ4n) is 2.95. The molecule has 0 saturated carbocycles. The molecule has 2 aromatic rings. The molecular formula is C19H26Cl2N3O4P. The third-order valence-electron chi connectivity index (χ3n) is 4.49. The second kappa shape index (κ2) is 9.63. The van der Waals surface area contributed by atoms with Crippen LogP contribution in [0.3, 0.4) is 0 Å².